The van der Waals surface area contributed by atoms with Crippen molar-refractivity contribution >= 4 is 12.6 Å². The number of hydrogen-bond donors (Lipinski definition) is 2. The summed E-state index contributed by atoms with van der Waals surface area (Å²) >= 11 is 0. The molecule has 0 saturated carbocycles. The standard InChI is InChI=1S/C16H17BF3N5O3/c1-28-5-4-14(13-3-2-11(7-21-13)17(26)27)24-9-10(6-22-24)15-12(18)8-23-25(15)16(19)20/h2-3,6-9,14,16,26-27H,4-5H2,1H3. The van der Waals surface area contributed by atoms with E-state index in [9.17, 15) is 23.2 Å². The molecule has 3 rings (SSSR count). The van der Waals surface area contributed by atoms with Crippen molar-refractivity contribution < 1.29 is 28.0 Å². The third-order valence-electron chi connectivity index (χ3n) is 4.17. The van der Waals surface area contributed by atoms with Crippen LogP contribution in [0.1, 0.15) is 24.7 Å². The average molecular weight is 395 g/mol. The Balaban J connectivity index is 1.96. The van der Waals surface area contributed by atoms with Crippen molar-refractivity contribution in [1.82, 2.24) is 24.5 Å². The monoisotopic (exact) mass is 395 g/mol. The fraction of sp³-hybridized carbons (Fsp3) is 0.312. The Morgan fingerprint density at radius 3 is 2.57 bits per heavy atom. The molecule has 0 aliphatic rings. The summed E-state index contributed by atoms with van der Waals surface area (Å²) in [5.41, 5.74) is 0.538. The molecule has 0 bridgehead atoms. The quantitative estimate of drug-likeness (QED) is 0.552. The molecule has 3 aromatic heterocycles. The maximum absolute atomic E-state index is 14.0. The molecule has 3 aromatic rings. The summed E-state index contributed by atoms with van der Waals surface area (Å²) in [5.74, 6) is -0.882. The summed E-state index contributed by atoms with van der Waals surface area (Å²) in [6.45, 7) is -2.64. The molecule has 0 fully saturated rings. The molecule has 2 N–H and O–H groups in total. The van der Waals surface area contributed by atoms with Crippen molar-refractivity contribution in [2.45, 2.75) is 19.0 Å². The van der Waals surface area contributed by atoms with Crippen LogP contribution in [0.4, 0.5) is 13.2 Å². The molecule has 1 unspecified atom stereocenters. The minimum Gasteiger partial charge on any atom is -0.423 e. The molecule has 0 amide bonds. The van der Waals surface area contributed by atoms with Crippen molar-refractivity contribution in [2.24, 2.45) is 0 Å². The second kappa shape index (κ2) is 8.54. The van der Waals surface area contributed by atoms with E-state index in [4.69, 9.17) is 4.74 Å². The third kappa shape index (κ3) is 4.08. The van der Waals surface area contributed by atoms with E-state index in [1.165, 1.54) is 36.4 Å². The van der Waals surface area contributed by atoms with E-state index in [1.54, 1.807) is 6.07 Å². The Bertz CT molecular complexity index is 917. The molecule has 0 saturated heterocycles. The molecule has 8 nitrogen and oxygen atoms in total. The number of nitrogens with zero attached hydrogens (tertiary/aromatic N) is 5. The SMILES string of the molecule is COCCC(c1ccc(B(O)O)cn1)n1cc(-c2c(F)cnn2C(F)F)cn1. The first-order chi connectivity index (χ1) is 13.4. The Morgan fingerprint density at radius 2 is 1.96 bits per heavy atom. The number of methoxy groups -OCH3 is 1. The van der Waals surface area contributed by atoms with Crippen LogP contribution in [-0.2, 0) is 4.74 Å². The summed E-state index contributed by atoms with van der Waals surface area (Å²) in [4.78, 5) is 4.22. The van der Waals surface area contributed by atoms with Crippen LogP contribution in [0.15, 0.2) is 36.9 Å². The largest absolute Gasteiger partial charge is 0.490 e. The molecule has 3 heterocycles. The van der Waals surface area contributed by atoms with E-state index in [0.717, 1.165) is 6.20 Å². The van der Waals surface area contributed by atoms with Crippen LogP contribution in [0.25, 0.3) is 11.3 Å². The summed E-state index contributed by atoms with van der Waals surface area (Å²) in [6, 6.07) is 2.66. The number of alkyl halides is 2. The first kappa shape index (κ1) is 20.0. The van der Waals surface area contributed by atoms with Gasteiger partial charge in [-0.3, -0.25) is 9.67 Å². The van der Waals surface area contributed by atoms with Crippen LogP contribution in [0, 0.1) is 5.82 Å². The van der Waals surface area contributed by atoms with Gasteiger partial charge in [0.25, 0.3) is 0 Å². The molecule has 12 heteroatoms. The number of halogens is 3. The fourth-order valence-electron chi connectivity index (χ4n) is 2.80. The van der Waals surface area contributed by atoms with Crippen molar-refractivity contribution in [3.05, 3.63) is 48.4 Å². The normalized spacial score (nSPS) is 12.5. The number of pyridine rings is 1. The topological polar surface area (TPSA) is 98.2 Å². The highest BCUT2D eigenvalue weighted by Crippen LogP contribution is 2.28. The van der Waals surface area contributed by atoms with Crippen molar-refractivity contribution in [3.8, 4) is 11.3 Å². The Kier molecular flexibility index (Phi) is 6.12. The van der Waals surface area contributed by atoms with Crippen LogP contribution < -0.4 is 5.46 Å². The summed E-state index contributed by atoms with van der Waals surface area (Å²) < 4.78 is 47.0. The van der Waals surface area contributed by atoms with Crippen molar-refractivity contribution in [1.29, 1.82) is 0 Å². The van der Waals surface area contributed by atoms with E-state index >= 15 is 0 Å². The van der Waals surface area contributed by atoms with E-state index < -0.39 is 25.5 Å². The predicted molar refractivity (Wildman–Crippen MR) is 93.4 cm³/mol. The van der Waals surface area contributed by atoms with Gasteiger partial charge in [-0.2, -0.15) is 19.0 Å². The zero-order valence-electron chi connectivity index (χ0n) is 14.8. The van der Waals surface area contributed by atoms with E-state index in [-0.39, 0.29) is 21.4 Å². The summed E-state index contributed by atoms with van der Waals surface area (Å²) in [7, 11) is -0.117. The van der Waals surface area contributed by atoms with Crippen molar-refractivity contribution in [2.75, 3.05) is 13.7 Å². The predicted octanol–water partition coefficient (Wildman–Crippen LogP) is 0.981. The zero-order valence-corrected chi connectivity index (χ0v) is 14.8. The molecule has 0 aliphatic carbocycles. The molecule has 1 atom stereocenters. The van der Waals surface area contributed by atoms with Crippen LogP contribution in [-0.4, -0.2) is 55.4 Å². The minimum absolute atomic E-state index is 0.139. The lowest BCUT2D eigenvalue weighted by Crippen LogP contribution is -2.30. The van der Waals surface area contributed by atoms with Gasteiger partial charge in [-0.05, 0) is 12.5 Å². The van der Waals surface area contributed by atoms with E-state index in [2.05, 4.69) is 15.2 Å². The molecule has 0 aliphatic heterocycles. The molecule has 0 radical (unpaired) electrons. The van der Waals surface area contributed by atoms with E-state index in [0.29, 0.717) is 18.7 Å². The van der Waals surface area contributed by atoms with Crippen LogP contribution >= 0.6 is 0 Å². The fourth-order valence-corrected chi connectivity index (χ4v) is 2.80. The van der Waals surface area contributed by atoms with Gasteiger partial charge in [0.1, 0.15) is 5.69 Å². The highest BCUT2D eigenvalue weighted by Gasteiger charge is 2.23. The molecule has 28 heavy (non-hydrogen) atoms. The average Bonchev–Trinajstić information content (AvgIpc) is 3.29. The first-order valence-corrected chi connectivity index (χ1v) is 8.29. The van der Waals surface area contributed by atoms with Gasteiger partial charge in [0.2, 0.25) is 0 Å². The van der Waals surface area contributed by atoms with E-state index in [1.807, 2.05) is 0 Å². The summed E-state index contributed by atoms with van der Waals surface area (Å²) in [6.07, 6.45) is 5.18. The van der Waals surface area contributed by atoms with Gasteiger partial charge in [0.05, 0.1) is 24.1 Å². The number of rotatable bonds is 8. The maximum Gasteiger partial charge on any atom is 0.490 e. The van der Waals surface area contributed by atoms with Gasteiger partial charge in [0, 0.05) is 37.1 Å². The summed E-state index contributed by atoms with van der Waals surface area (Å²) in [5, 5.41) is 25.9. The second-order valence-electron chi connectivity index (χ2n) is 5.96. The molecular formula is C16H17BF3N5O3. The number of ether oxygens (including phenoxy) is 1. The second-order valence-corrected chi connectivity index (χ2v) is 5.96. The zero-order chi connectivity index (χ0) is 20.3. The first-order valence-electron chi connectivity index (χ1n) is 8.29. The highest BCUT2D eigenvalue weighted by atomic mass is 19.3. The Morgan fingerprint density at radius 1 is 1.18 bits per heavy atom. The third-order valence-corrected chi connectivity index (χ3v) is 4.17. The Labute approximate surface area is 158 Å². The highest BCUT2D eigenvalue weighted by molar-refractivity contribution is 6.58. The number of hydrogen-bond acceptors (Lipinski definition) is 6. The van der Waals surface area contributed by atoms with Crippen LogP contribution in [0.5, 0.6) is 0 Å². The van der Waals surface area contributed by atoms with Crippen LogP contribution in [0.3, 0.4) is 0 Å². The molecule has 0 aromatic carbocycles. The van der Waals surface area contributed by atoms with Gasteiger partial charge in [-0.25, -0.2) is 9.07 Å². The lowest BCUT2D eigenvalue weighted by Gasteiger charge is -2.17. The number of aromatic nitrogens is 5. The van der Waals surface area contributed by atoms with Gasteiger partial charge < -0.3 is 14.8 Å². The van der Waals surface area contributed by atoms with Gasteiger partial charge in [0.15, 0.2) is 5.82 Å². The smallest absolute Gasteiger partial charge is 0.423 e. The lowest BCUT2D eigenvalue weighted by atomic mass is 9.81. The van der Waals surface area contributed by atoms with Gasteiger partial charge >= 0.3 is 13.7 Å². The minimum atomic E-state index is -2.99. The Hall–Kier alpha value is -2.70. The molecule has 0 spiro atoms. The molecule has 148 valence electrons. The van der Waals surface area contributed by atoms with Crippen LogP contribution in [0.2, 0.25) is 0 Å². The maximum atomic E-state index is 14.0. The van der Waals surface area contributed by atoms with Gasteiger partial charge in [-0.15, -0.1) is 0 Å². The van der Waals surface area contributed by atoms with Gasteiger partial charge in [-0.1, -0.05) is 6.07 Å². The lowest BCUT2D eigenvalue weighted by molar-refractivity contribution is 0.0582. The molecular weight excluding hydrogens is 378 g/mol. The van der Waals surface area contributed by atoms with Crippen molar-refractivity contribution in [3.63, 3.8) is 0 Å².